The highest BCUT2D eigenvalue weighted by atomic mass is 16.5. The van der Waals surface area contributed by atoms with E-state index < -0.39 is 0 Å². The van der Waals surface area contributed by atoms with Crippen molar-refractivity contribution in [1.82, 2.24) is 20.3 Å². The van der Waals surface area contributed by atoms with E-state index in [1.54, 1.807) is 0 Å². The lowest BCUT2D eigenvalue weighted by Gasteiger charge is -2.17. The first kappa shape index (κ1) is 10.3. The topological polar surface area (TPSA) is 70.8 Å². The summed E-state index contributed by atoms with van der Waals surface area (Å²) >= 11 is 0. The lowest BCUT2D eigenvalue weighted by Crippen LogP contribution is -2.12. The predicted octanol–water partition coefficient (Wildman–Crippen LogP) is 1.33. The highest BCUT2D eigenvalue weighted by Gasteiger charge is 2.28. The van der Waals surface area contributed by atoms with E-state index >= 15 is 0 Å². The lowest BCUT2D eigenvalue weighted by molar-refractivity contribution is 0.352. The van der Waals surface area contributed by atoms with Gasteiger partial charge in [-0.25, -0.2) is 0 Å². The molecule has 1 aliphatic carbocycles. The summed E-state index contributed by atoms with van der Waals surface area (Å²) in [6, 6.07) is 0. The third kappa shape index (κ3) is 1.69. The fourth-order valence-electron chi connectivity index (χ4n) is 2.26. The van der Waals surface area contributed by atoms with Gasteiger partial charge in [0.15, 0.2) is 0 Å². The number of aromatic nitrogens is 4. The molecule has 0 saturated heterocycles. The first-order chi connectivity index (χ1) is 8.25. The summed E-state index contributed by atoms with van der Waals surface area (Å²) in [7, 11) is 3.80. The molecule has 3 rings (SSSR count). The molecule has 17 heavy (non-hydrogen) atoms. The van der Waals surface area contributed by atoms with E-state index in [4.69, 9.17) is 4.52 Å². The molecule has 0 amide bonds. The summed E-state index contributed by atoms with van der Waals surface area (Å²) in [5, 5.41) is 11.1. The van der Waals surface area contributed by atoms with Crippen LogP contribution in [0, 0.1) is 0 Å². The second-order valence-corrected chi connectivity index (χ2v) is 4.58. The van der Waals surface area contributed by atoms with Crippen molar-refractivity contribution in [1.29, 1.82) is 0 Å². The van der Waals surface area contributed by atoms with Crippen LogP contribution in [0.2, 0.25) is 0 Å². The van der Waals surface area contributed by atoms with Crippen molar-refractivity contribution in [2.75, 3.05) is 19.0 Å². The Balaban J connectivity index is 1.95. The van der Waals surface area contributed by atoms with Crippen molar-refractivity contribution in [3.8, 4) is 0 Å². The van der Waals surface area contributed by atoms with E-state index in [0.717, 1.165) is 25.0 Å². The normalized spacial score (nSPS) is 19.1. The monoisotopic (exact) mass is 233 g/mol. The van der Waals surface area contributed by atoms with Crippen LogP contribution in [0.4, 0.5) is 5.95 Å². The van der Waals surface area contributed by atoms with Gasteiger partial charge < -0.3 is 9.42 Å². The zero-order valence-corrected chi connectivity index (χ0v) is 9.97. The van der Waals surface area contributed by atoms with Crippen molar-refractivity contribution in [3.63, 3.8) is 0 Å². The second kappa shape index (κ2) is 3.87. The van der Waals surface area contributed by atoms with Crippen LogP contribution >= 0.6 is 0 Å². The molecule has 1 atom stereocenters. The summed E-state index contributed by atoms with van der Waals surface area (Å²) in [6.07, 6.45) is 5.14. The Labute approximate surface area is 99.0 Å². The van der Waals surface area contributed by atoms with E-state index in [1.165, 1.54) is 5.56 Å². The van der Waals surface area contributed by atoms with Gasteiger partial charge in [-0.3, -0.25) is 5.10 Å². The largest absolute Gasteiger partial charge is 0.344 e. The molecular formula is C11H15N5O. The maximum Gasteiger partial charge on any atom is 0.265 e. The average molecular weight is 233 g/mol. The van der Waals surface area contributed by atoms with Gasteiger partial charge in [0.05, 0.1) is 17.8 Å². The van der Waals surface area contributed by atoms with E-state index in [1.807, 2.05) is 25.2 Å². The van der Waals surface area contributed by atoms with Gasteiger partial charge in [-0.05, 0) is 30.0 Å². The Morgan fingerprint density at radius 2 is 2.35 bits per heavy atom. The number of rotatable bonds is 2. The molecule has 0 radical (unpaired) electrons. The van der Waals surface area contributed by atoms with Gasteiger partial charge in [-0.1, -0.05) is 0 Å². The number of aryl methyl sites for hydroxylation is 1. The Bertz CT molecular complexity index is 515. The van der Waals surface area contributed by atoms with Crippen LogP contribution < -0.4 is 4.90 Å². The molecule has 0 fully saturated rings. The second-order valence-electron chi connectivity index (χ2n) is 4.58. The fourth-order valence-corrected chi connectivity index (χ4v) is 2.26. The van der Waals surface area contributed by atoms with Crippen LogP contribution in [0.15, 0.2) is 10.7 Å². The van der Waals surface area contributed by atoms with E-state index in [-0.39, 0.29) is 5.92 Å². The van der Waals surface area contributed by atoms with Crippen molar-refractivity contribution < 1.29 is 4.52 Å². The summed E-state index contributed by atoms with van der Waals surface area (Å²) in [6.45, 7) is 0. The number of nitrogens with one attached hydrogen (secondary N) is 1. The lowest BCUT2D eigenvalue weighted by atomic mass is 9.88. The van der Waals surface area contributed by atoms with Crippen LogP contribution in [0.5, 0.6) is 0 Å². The number of H-pyrrole nitrogens is 1. The van der Waals surface area contributed by atoms with Crippen LogP contribution in [0.1, 0.15) is 35.9 Å². The summed E-state index contributed by atoms with van der Waals surface area (Å²) in [5.74, 6) is 1.47. The molecular weight excluding hydrogens is 218 g/mol. The number of hydrogen-bond acceptors (Lipinski definition) is 5. The Morgan fingerprint density at radius 3 is 3.12 bits per heavy atom. The number of aromatic amines is 1. The minimum absolute atomic E-state index is 0.169. The molecule has 2 heterocycles. The first-order valence-corrected chi connectivity index (χ1v) is 5.79. The van der Waals surface area contributed by atoms with Gasteiger partial charge in [-0.2, -0.15) is 10.1 Å². The number of fused-ring (bicyclic) bond motifs is 1. The van der Waals surface area contributed by atoms with Crippen molar-refractivity contribution >= 4 is 5.95 Å². The summed E-state index contributed by atoms with van der Waals surface area (Å²) in [5.41, 5.74) is 2.40. The van der Waals surface area contributed by atoms with Gasteiger partial charge in [-0.15, -0.1) is 0 Å². The smallest absolute Gasteiger partial charge is 0.265 e. The standard InChI is InChI=1S/C11H15N5O/c1-16(2)11-13-10(17-15-11)8-5-3-4-7-6-12-14-9(7)8/h6,8H,3-5H2,1-2H3,(H,12,14). The number of anilines is 1. The van der Waals surface area contributed by atoms with E-state index in [9.17, 15) is 0 Å². The third-order valence-electron chi connectivity index (χ3n) is 3.17. The molecule has 90 valence electrons. The van der Waals surface area contributed by atoms with Crippen LogP contribution in [-0.2, 0) is 6.42 Å². The first-order valence-electron chi connectivity index (χ1n) is 5.79. The average Bonchev–Trinajstić information content (AvgIpc) is 2.97. The Morgan fingerprint density at radius 1 is 1.47 bits per heavy atom. The zero-order valence-electron chi connectivity index (χ0n) is 9.97. The van der Waals surface area contributed by atoms with Crippen LogP contribution in [-0.4, -0.2) is 34.4 Å². The molecule has 0 spiro atoms. The molecule has 2 aromatic rings. The quantitative estimate of drug-likeness (QED) is 0.847. The molecule has 0 aromatic carbocycles. The van der Waals surface area contributed by atoms with E-state index in [2.05, 4.69) is 20.3 Å². The summed E-state index contributed by atoms with van der Waals surface area (Å²) in [4.78, 5) is 6.25. The number of hydrogen-bond donors (Lipinski definition) is 1. The van der Waals surface area contributed by atoms with Crippen LogP contribution in [0.3, 0.4) is 0 Å². The van der Waals surface area contributed by atoms with Crippen molar-refractivity contribution in [3.05, 3.63) is 23.3 Å². The van der Waals surface area contributed by atoms with Crippen molar-refractivity contribution in [2.24, 2.45) is 0 Å². The Hall–Kier alpha value is -1.85. The van der Waals surface area contributed by atoms with E-state index in [0.29, 0.717) is 11.8 Å². The van der Waals surface area contributed by atoms with Gasteiger partial charge >= 0.3 is 0 Å². The molecule has 2 aromatic heterocycles. The van der Waals surface area contributed by atoms with Gasteiger partial charge in [0.2, 0.25) is 5.89 Å². The highest BCUT2D eigenvalue weighted by Crippen LogP contribution is 2.34. The predicted molar refractivity (Wildman–Crippen MR) is 62.0 cm³/mol. The van der Waals surface area contributed by atoms with Gasteiger partial charge in [0.1, 0.15) is 0 Å². The Kier molecular flexibility index (Phi) is 2.35. The van der Waals surface area contributed by atoms with Gasteiger partial charge in [0.25, 0.3) is 5.95 Å². The molecule has 6 nitrogen and oxygen atoms in total. The number of nitrogens with zero attached hydrogens (tertiary/aromatic N) is 4. The summed E-state index contributed by atoms with van der Waals surface area (Å²) < 4.78 is 5.34. The maximum atomic E-state index is 5.34. The molecule has 0 aliphatic heterocycles. The van der Waals surface area contributed by atoms with Gasteiger partial charge in [0, 0.05) is 14.1 Å². The zero-order chi connectivity index (χ0) is 11.8. The SMILES string of the molecule is CN(C)c1noc(C2CCCc3cn[nH]c32)n1. The maximum absolute atomic E-state index is 5.34. The minimum Gasteiger partial charge on any atom is -0.344 e. The molecule has 6 heteroatoms. The molecule has 1 unspecified atom stereocenters. The minimum atomic E-state index is 0.169. The molecule has 0 bridgehead atoms. The van der Waals surface area contributed by atoms with Crippen molar-refractivity contribution in [2.45, 2.75) is 25.2 Å². The fraction of sp³-hybridized carbons (Fsp3) is 0.545. The van der Waals surface area contributed by atoms with Crippen LogP contribution in [0.25, 0.3) is 0 Å². The molecule has 0 saturated carbocycles. The third-order valence-corrected chi connectivity index (χ3v) is 3.17. The highest BCUT2D eigenvalue weighted by molar-refractivity contribution is 5.31. The molecule has 1 N–H and O–H groups in total. The molecule has 1 aliphatic rings.